The zero-order chi connectivity index (χ0) is 8.27. The quantitative estimate of drug-likeness (QED) is 0.670. The van der Waals surface area contributed by atoms with Gasteiger partial charge in [0, 0.05) is 0 Å². The Balaban J connectivity index is 2.81. The van der Waals surface area contributed by atoms with Crippen LogP contribution in [-0.2, 0) is 0 Å². The van der Waals surface area contributed by atoms with E-state index in [4.69, 9.17) is 10.2 Å². The summed E-state index contributed by atoms with van der Waals surface area (Å²) >= 11 is 0. The number of hydrogen-bond acceptors (Lipinski definition) is 2. The van der Waals surface area contributed by atoms with E-state index in [2.05, 4.69) is 0 Å². The van der Waals surface area contributed by atoms with E-state index < -0.39 is 6.61 Å². The second-order valence-corrected chi connectivity index (χ2v) is 2.11. The molecule has 0 saturated heterocycles. The average molecular weight is 155 g/mol. The van der Waals surface area contributed by atoms with Crippen molar-refractivity contribution in [2.24, 2.45) is 0 Å². The molecule has 1 rings (SSSR count). The van der Waals surface area contributed by atoms with E-state index in [1.165, 1.54) is 24.3 Å². The van der Waals surface area contributed by atoms with Crippen LogP contribution < -0.4 is 0 Å². The lowest BCUT2D eigenvalue weighted by molar-refractivity contribution is 0.205. The van der Waals surface area contributed by atoms with Gasteiger partial charge in [-0.2, -0.15) is 0 Å². The third-order valence-corrected chi connectivity index (χ3v) is 1.33. The Labute approximate surface area is 63.9 Å². The lowest BCUT2D eigenvalue weighted by Crippen LogP contribution is -2.02. The van der Waals surface area contributed by atoms with Crippen LogP contribution in [0.3, 0.4) is 0 Å². The number of halogens is 1. The molecular formula is C8H8FO2. The predicted molar refractivity (Wildman–Crippen MR) is 37.8 cm³/mol. The van der Waals surface area contributed by atoms with Crippen LogP contribution >= 0.6 is 0 Å². The molecule has 59 valence electrons. The average Bonchev–Trinajstić information content (AvgIpc) is 2.05. The molecule has 2 nitrogen and oxygen atoms in total. The maximum atomic E-state index is 12.3. The molecule has 0 aliphatic carbocycles. The first-order chi connectivity index (χ1) is 5.24. The van der Waals surface area contributed by atoms with Gasteiger partial charge in [-0.3, -0.25) is 0 Å². The van der Waals surface area contributed by atoms with Gasteiger partial charge in [-0.1, -0.05) is 12.1 Å². The minimum absolute atomic E-state index is 0.148. The molecule has 0 spiro atoms. The predicted octanol–water partition coefficient (Wildman–Crippen LogP) is 1.07. The molecule has 3 heteroatoms. The van der Waals surface area contributed by atoms with Crippen molar-refractivity contribution in [3.63, 3.8) is 0 Å². The first-order valence-corrected chi connectivity index (χ1v) is 3.15. The summed E-state index contributed by atoms with van der Waals surface area (Å²) in [5, 5.41) is 17.4. The van der Waals surface area contributed by atoms with E-state index in [9.17, 15) is 4.39 Å². The summed E-state index contributed by atoms with van der Waals surface area (Å²) in [6, 6.07) is 5.25. The molecule has 0 unspecified atom stereocenters. The molecule has 1 radical (unpaired) electrons. The van der Waals surface area contributed by atoms with Gasteiger partial charge in [0.1, 0.15) is 11.9 Å². The molecule has 0 bridgehead atoms. The first kappa shape index (κ1) is 8.17. The highest BCUT2D eigenvalue weighted by molar-refractivity contribution is 5.26. The summed E-state index contributed by atoms with van der Waals surface area (Å²) in [4.78, 5) is 0. The molecule has 2 N–H and O–H groups in total. The third-order valence-electron chi connectivity index (χ3n) is 1.33. The molecule has 0 aromatic heterocycles. The smallest absolute Gasteiger partial charge is 0.148 e. The van der Waals surface area contributed by atoms with E-state index in [1.807, 2.05) is 0 Å². The molecule has 0 aliphatic rings. The van der Waals surface area contributed by atoms with Gasteiger partial charge in [0.2, 0.25) is 0 Å². The Morgan fingerprint density at radius 1 is 1.27 bits per heavy atom. The van der Waals surface area contributed by atoms with Crippen molar-refractivity contribution in [3.8, 4) is 0 Å². The molecule has 1 aromatic carbocycles. The zero-order valence-electron chi connectivity index (χ0n) is 5.79. The van der Waals surface area contributed by atoms with E-state index in [0.717, 1.165) is 0 Å². The van der Waals surface area contributed by atoms with Crippen LogP contribution in [0.2, 0.25) is 0 Å². The fourth-order valence-electron chi connectivity index (χ4n) is 0.734. The van der Waals surface area contributed by atoms with Gasteiger partial charge in [-0.05, 0) is 17.7 Å². The maximum Gasteiger partial charge on any atom is 0.148 e. The van der Waals surface area contributed by atoms with Gasteiger partial charge in [0.25, 0.3) is 0 Å². The molecule has 0 aliphatic heterocycles. The largest absolute Gasteiger partial charge is 0.393 e. The maximum absolute atomic E-state index is 12.3. The van der Waals surface area contributed by atoms with Gasteiger partial charge in [-0.25, -0.2) is 4.39 Å². The van der Waals surface area contributed by atoms with E-state index >= 15 is 0 Å². The highest BCUT2D eigenvalue weighted by atomic mass is 19.1. The molecule has 1 aromatic rings. The van der Waals surface area contributed by atoms with Crippen molar-refractivity contribution >= 4 is 0 Å². The summed E-state index contributed by atoms with van der Waals surface area (Å²) < 4.78 is 12.3. The summed E-state index contributed by atoms with van der Waals surface area (Å²) in [6.07, 6.45) is -0.148. The fraction of sp³-hybridized carbons (Fsp3) is 0.125. The number of aliphatic hydroxyl groups excluding tert-OH is 2. The molecule has 0 heterocycles. The minimum atomic E-state index is -0.425. The van der Waals surface area contributed by atoms with Gasteiger partial charge < -0.3 is 10.2 Å². The Bertz CT molecular complexity index is 220. The van der Waals surface area contributed by atoms with Crippen molar-refractivity contribution < 1.29 is 14.6 Å². The molecule has 0 atom stereocenters. The highest BCUT2D eigenvalue weighted by Crippen LogP contribution is 2.10. The zero-order valence-corrected chi connectivity index (χ0v) is 5.79. The Morgan fingerprint density at radius 2 is 1.82 bits per heavy atom. The van der Waals surface area contributed by atoms with E-state index in [0.29, 0.717) is 5.56 Å². The standard InChI is InChI=1S/C8H8FO2/c9-7-3-1-6(2-4-7)8(11)5-10/h1-4,10-11H,5H2. The summed E-state index contributed by atoms with van der Waals surface area (Å²) in [6.45, 7) is -0.425. The van der Waals surface area contributed by atoms with Gasteiger partial charge >= 0.3 is 0 Å². The van der Waals surface area contributed by atoms with Crippen LogP contribution in [0.4, 0.5) is 4.39 Å². The molecule has 0 amide bonds. The number of hydrogen-bond donors (Lipinski definition) is 2. The first-order valence-electron chi connectivity index (χ1n) is 3.15. The Morgan fingerprint density at radius 3 is 2.27 bits per heavy atom. The molecule has 0 fully saturated rings. The van der Waals surface area contributed by atoms with Crippen LogP contribution in [0, 0.1) is 11.9 Å². The van der Waals surface area contributed by atoms with Crippen molar-refractivity contribution in [2.75, 3.05) is 6.61 Å². The van der Waals surface area contributed by atoms with Crippen LogP contribution in [0.1, 0.15) is 5.56 Å². The summed E-state index contributed by atoms with van der Waals surface area (Å²) in [7, 11) is 0. The second kappa shape index (κ2) is 3.46. The number of aliphatic hydroxyl groups is 2. The lowest BCUT2D eigenvalue weighted by Gasteiger charge is -2.04. The molecule has 0 saturated carbocycles. The lowest BCUT2D eigenvalue weighted by atomic mass is 10.1. The van der Waals surface area contributed by atoms with Crippen molar-refractivity contribution in [3.05, 3.63) is 41.8 Å². The van der Waals surface area contributed by atoms with E-state index in [-0.39, 0.29) is 11.9 Å². The topological polar surface area (TPSA) is 40.5 Å². The molecule has 11 heavy (non-hydrogen) atoms. The fourth-order valence-corrected chi connectivity index (χ4v) is 0.734. The van der Waals surface area contributed by atoms with Gasteiger partial charge in [0.05, 0.1) is 6.61 Å². The highest BCUT2D eigenvalue weighted by Gasteiger charge is 2.05. The van der Waals surface area contributed by atoms with Gasteiger partial charge in [-0.15, -0.1) is 0 Å². The minimum Gasteiger partial charge on any atom is -0.393 e. The van der Waals surface area contributed by atoms with Crippen LogP contribution in [0.5, 0.6) is 0 Å². The normalized spacial score (nSPS) is 10.5. The summed E-state index contributed by atoms with van der Waals surface area (Å²) in [5.74, 6) is -0.362. The number of rotatable bonds is 2. The van der Waals surface area contributed by atoms with E-state index in [1.54, 1.807) is 0 Å². The second-order valence-electron chi connectivity index (χ2n) is 2.11. The Hall–Kier alpha value is -0.930. The van der Waals surface area contributed by atoms with Crippen molar-refractivity contribution in [1.29, 1.82) is 0 Å². The monoisotopic (exact) mass is 155 g/mol. The van der Waals surface area contributed by atoms with Crippen molar-refractivity contribution in [2.45, 2.75) is 0 Å². The van der Waals surface area contributed by atoms with Crippen LogP contribution in [-0.4, -0.2) is 16.8 Å². The third kappa shape index (κ3) is 2.00. The van der Waals surface area contributed by atoms with Crippen LogP contribution in [0.15, 0.2) is 24.3 Å². The Kier molecular flexibility index (Phi) is 2.57. The molecular weight excluding hydrogens is 147 g/mol. The van der Waals surface area contributed by atoms with Crippen LogP contribution in [0.25, 0.3) is 0 Å². The SMILES string of the molecule is OC[C](O)c1ccc(F)cc1. The van der Waals surface area contributed by atoms with Gasteiger partial charge in [0.15, 0.2) is 0 Å². The summed E-state index contributed by atoms with van der Waals surface area (Å²) in [5.41, 5.74) is 0.439. The van der Waals surface area contributed by atoms with Crippen molar-refractivity contribution in [1.82, 2.24) is 0 Å². The number of benzene rings is 1.